The molecule has 2 aromatic rings. The lowest BCUT2D eigenvalue weighted by atomic mass is 9.97. The molecule has 1 aliphatic rings. The van der Waals surface area contributed by atoms with Gasteiger partial charge < -0.3 is 9.42 Å². The zero-order chi connectivity index (χ0) is 14.7. The Morgan fingerprint density at radius 1 is 1.57 bits per heavy atom. The molecule has 1 amide bonds. The Bertz CT molecular complexity index is 596. The quantitative estimate of drug-likeness (QED) is 0.865. The van der Waals surface area contributed by atoms with Crippen molar-refractivity contribution in [2.24, 2.45) is 0 Å². The van der Waals surface area contributed by atoms with Crippen LogP contribution < -0.4 is 0 Å². The molecule has 3 rings (SSSR count). The van der Waals surface area contributed by atoms with E-state index in [1.165, 1.54) is 0 Å². The monoisotopic (exact) mass is 306 g/mol. The summed E-state index contributed by atoms with van der Waals surface area (Å²) < 4.78 is 5.24. The van der Waals surface area contributed by atoms with Crippen LogP contribution >= 0.6 is 11.3 Å². The first kappa shape index (κ1) is 14.2. The highest BCUT2D eigenvalue weighted by molar-refractivity contribution is 7.09. The second kappa shape index (κ2) is 6.34. The number of thiazole rings is 1. The summed E-state index contributed by atoms with van der Waals surface area (Å²) in [4.78, 5) is 22.7. The van der Waals surface area contributed by atoms with Crippen molar-refractivity contribution in [3.8, 4) is 0 Å². The van der Waals surface area contributed by atoms with Crippen molar-refractivity contribution >= 4 is 17.2 Å². The molecular weight excluding hydrogens is 288 g/mol. The lowest BCUT2D eigenvalue weighted by molar-refractivity contribution is -0.132. The molecule has 1 saturated heterocycles. The fourth-order valence-electron chi connectivity index (χ4n) is 2.63. The number of carbonyl (C=O) groups excluding carboxylic acids is 1. The molecule has 21 heavy (non-hydrogen) atoms. The molecule has 3 heterocycles. The van der Waals surface area contributed by atoms with Gasteiger partial charge in [-0.2, -0.15) is 4.98 Å². The number of likely N-dealkylation sites (tertiary alicyclic amines) is 1. The number of carbonyl (C=O) groups is 1. The number of aromatic nitrogens is 3. The first-order valence-corrected chi connectivity index (χ1v) is 8.06. The molecule has 2 aromatic heterocycles. The van der Waals surface area contributed by atoms with Gasteiger partial charge in [-0.3, -0.25) is 4.79 Å². The summed E-state index contributed by atoms with van der Waals surface area (Å²) in [6.45, 7) is 3.31. The van der Waals surface area contributed by atoms with E-state index >= 15 is 0 Å². The maximum atomic E-state index is 12.3. The van der Waals surface area contributed by atoms with Crippen LogP contribution in [-0.4, -0.2) is 39.0 Å². The molecule has 112 valence electrons. The van der Waals surface area contributed by atoms with E-state index in [2.05, 4.69) is 15.1 Å². The molecule has 1 fully saturated rings. The van der Waals surface area contributed by atoms with Crippen molar-refractivity contribution < 1.29 is 9.32 Å². The zero-order valence-electron chi connectivity index (χ0n) is 12.0. The van der Waals surface area contributed by atoms with E-state index < -0.39 is 0 Å². The van der Waals surface area contributed by atoms with Crippen LogP contribution in [0.1, 0.15) is 41.9 Å². The summed E-state index contributed by atoms with van der Waals surface area (Å²) in [5.41, 5.74) is 0. The van der Waals surface area contributed by atoms with Gasteiger partial charge in [0.05, 0.1) is 10.9 Å². The highest BCUT2D eigenvalue weighted by atomic mass is 32.1. The smallest absolute Gasteiger partial charge is 0.231 e. The summed E-state index contributed by atoms with van der Waals surface area (Å²) in [5, 5.41) is 6.79. The van der Waals surface area contributed by atoms with E-state index in [0.29, 0.717) is 24.7 Å². The zero-order valence-corrected chi connectivity index (χ0v) is 12.8. The Labute approximate surface area is 127 Å². The second-order valence-electron chi connectivity index (χ2n) is 5.28. The Morgan fingerprint density at radius 2 is 2.48 bits per heavy atom. The van der Waals surface area contributed by atoms with Gasteiger partial charge in [0.15, 0.2) is 5.82 Å². The van der Waals surface area contributed by atoms with Crippen molar-refractivity contribution in [3.05, 3.63) is 28.3 Å². The highest BCUT2D eigenvalue weighted by Gasteiger charge is 2.28. The molecule has 0 saturated carbocycles. The summed E-state index contributed by atoms with van der Waals surface area (Å²) in [6.07, 6.45) is 4.99. The maximum Gasteiger partial charge on any atom is 0.231 e. The van der Waals surface area contributed by atoms with Crippen LogP contribution in [0.15, 0.2) is 16.1 Å². The Morgan fingerprint density at radius 3 is 3.19 bits per heavy atom. The number of rotatable bonds is 4. The Hall–Kier alpha value is -1.76. The van der Waals surface area contributed by atoms with E-state index in [4.69, 9.17) is 4.52 Å². The van der Waals surface area contributed by atoms with E-state index in [0.717, 1.165) is 30.8 Å². The molecule has 1 aliphatic heterocycles. The topological polar surface area (TPSA) is 72.1 Å². The molecule has 0 spiro atoms. The predicted molar refractivity (Wildman–Crippen MR) is 78.0 cm³/mol. The van der Waals surface area contributed by atoms with Gasteiger partial charge in [0.1, 0.15) is 0 Å². The minimum atomic E-state index is 0.170. The maximum absolute atomic E-state index is 12.3. The summed E-state index contributed by atoms with van der Waals surface area (Å²) in [7, 11) is 0. The van der Waals surface area contributed by atoms with E-state index in [-0.39, 0.29) is 11.8 Å². The molecule has 0 aliphatic carbocycles. The van der Waals surface area contributed by atoms with Crippen LogP contribution in [0.3, 0.4) is 0 Å². The van der Waals surface area contributed by atoms with Crippen LogP contribution in [0.25, 0.3) is 0 Å². The second-order valence-corrected chi connectivity index (χ2v) is 6.26. The fraction of sp³-hybridized carbons (Fsp3) is 0.571. The summed E-state index contributed by atoms with van der Waals surface area (Å²) in [6, 6.07) is 0. The van der Waals surface area contributed by atoms with Crippen molar-refractivity contribution in [2.45, 2.75) is 38.5 Å². The largest absolute Gasteiger partial charge is 0.342 e. The van der Waals surface area contributed by atoms with Gasteiger partial charge in [0, 0.05) is 37.5 Å². The number of amides is 1. The SMILES string of the molecule is Cc1noc([C@@H]2CCCN(C(=O)CCc3nccs3)C2)n1. The predicted octanol–water partition coefficient (Wildman–Crippen LogP) is 2.17. The Kier molecular flexibility index (Phi) is 4.28. The van der Waals surface area contributed by atoms with Crippen molar-refractivity contribution in [1.82, 2.24) is 20.0 Å². The van der Waals surface area contributed by atoms with Crippen LogP contribution in [0, 0.1) is 6.92 Å². The molecule has 0 radical (unpaired) electrons. The van der Waals surface area contributed by atoms with Crippen LogP contribution in [0.4, 0.5) is 0 Å². The third-order valence-corrected chi connectivity index (χ3v) is 4.54. The number of hydrogen-bond donors (Lipinski definition) is 0. The number of nitrogens with zero attached hydrogens (tertiary/aromatic N) is 4. The molecule has 0 bridgehead atoms. The average Bonchev–Trinajstić information content (AvgIpc) is 3.16. The van der Waals surface area contributed by atoms with E-state index in [9.17, 15) is 4.79 Å². The lowest BCUT2D eigenvalue weighted by Crippen LogP contribution is -2.39. The van der Waals surface area contributed by atoms with Gasteiger partial charge in [-0.1, -0.05) is 5.16 Å². The van der Waals surface area contributed by atoms with Gasteiger partial charge in [0.2, 0.25) is 11.8 Å². The molecule has 0 unspecified atom stereocenters. The van der Waals surface area contributed by atoms with E-state index in [1.807, 2.05) is 17.2 Å². The van der Waals surface area contributed by atoms with Crippen molar-refractivity contribution in [3.63, 3.8) is 0 Å². The number of piperidine rings is 1. The lowest BCUT2D eigenvalue weighted by Gasteiger charge is -2.31. The molecule has 1 atom stereocenters. The molecular formula is C14H18N4O2S. The summed E-state index contributed by atoms with van der Waals surface area (Å²) in [5.74, 6) is 1.66. The van der Waals surface area contributed by atoms with Gasteiger partial charge in [-0.25, -0.2) is 4.98 Å². The van der Waals surface area contributed by atoms with Crippen LogP contribution in [0.2, 0.25) is 0 Å². The Balaban J connectivity index is 1.56. The third-order valence-electron chi connectivity index (χ3n) is 3.70. The molecule has 0 aromatic carbocycles. The van der Waals surface area contributed by atoms with Gasteiger partial charge >= 0.3 is 0 Å². The van der Waals surface area contributed by atoms with Gasteiger partial charge in [0.25, 0.3) is 0 Å². The van der Waals surface area contributed by atoms with Crippen LogP contribution in [-0.2, 0) is 11.2 Å². The molecule has 0 N–H and O–H groups in total. The van der Waals surface area contributed by atoms with Gasteiger partial charge in [-0.15, -0.1) is 11.3 Å². The molecule has 6 nitrogen and oxygen atoms in total. The molecule has 7 heteroatoms. The van der Waals surface area contributed by atoms with Gasteiger partial charge in [-0.05, 0) is 19.8 Å². The standard InChI is InChI=1S/C14H18N4O2S/c1-10-16-14(20-17-10)11-3-2-7-18(9-11)13(19)5-4-12-15-6-8-21-12/h6,8,11H,2-5,7,9H2,1H3/t11-/m1/s1. The number of aryl methyl sites for hydroxylation is 2. The first-order chi connectivity index (χ1) is 10.2. The first-order valence-electron chi connectivity index (χ1n) is 7.18. The third kappa shape index (κ3) is 3.47. The number of hydrogen-bond acceptors (Lipinski definition) is 6. The van der Waals surface area contributed by atoms with Crippen LogP contribution in [0.5, 0.6) is 0 Å². The fourth-order valence-corrected chi connectivity index (χ4v) is 3.25. The minimum absolute atomic E-state index is 0.170. The van der Waals surface area contributed by atoms with Crippen molar-refractivity contribution in [2.75, 3.05) is 13.1 Å². The normalized spacial score (nSPS) is 18.9. The highest BCUT2D eigenvalue weighted by Crippen LogP contribution is 2.26. The minimum Gasteiger partial charge on any atom is -0.342 e. The summed E-state index contributed by atoms with van der Waals surface area (Å²) >= 11 is 1.60. The van der Waals surface area contributed by atoms with E-state index in [1.54, 1.807) is 17.5 Å². The average molecular weight is 306 g/mol. The van der Waals surface area contributed by atoms with Crippen molar-refractivity contribution in [1.29, 1.82) is 0 Å².